The molecular weight excluding hydrogens is 483 g/mol. The van der Waals surface area contributed by atoms with Gasteiger partial charge < -0.3 is 14.4 Å². The molecule has 3 heterocycles. The van der Waals surface area contributed by atoms with Crippen LogP contribution in [0.25, 0.3) is 22.2 Å². The average molecular weight is 517 g/mol. The van der Waals surface area contributed by atoms with Crippen molar-refractivity contribution in [2.45, 2.75) is 52.3 Å². The number of nitrogens with zero attached hydrogens (tertiary/aromatic N) is 4. The van der Waals surface area contributed by atoms with E-state index in [1.54, 1.807) is 13.2 Å². The lowest BCUT2D eigenvalue weighted by molar-refractivity contribution is -0.133. The molecule has 1 amide bonds. The number of fused-ring (bicyclic) bond motifs is 1. The van der Waals surface area contributed by atoms with Crippen molar-refractivity contribution in [3.63, 3.8) is 0 Å². The second kappa shape index (κ2) is 11.3. The predicted molar refractivity (Wildman–Crippen MR) is 144 cm³/mol. The van der Waals surface area contributed by atoms with Crippen LogP contribution >= 0.6 is 0 Å². The van der Waals surface area contributed by atoms with Gasteiger partial charge in [0.05, 0.1) is 30.1 Å². The number of halogens is 1. The number of ether oxygens (including phenoxy) is 2. The van der Waals surface area contributed by atoms with Gasteiger partial charge in [-0.1, -0.05) is 12.1 Å². The molecule has 8 heteroatoms. The van der Waals surface area contributed by atoms with Gasteiger partial charge in [0.25, 0.3) is 0 Å². The van der Waals surface area contributed by atoms with Crippen LogP contribution in [0.2, 0.25) is 0 Å². The van der Waals surface area contributed by atoms with Crippen molar-refractivity contribution in [1.29, 1.82) is 0 Å². The number of rotatable bonds is 9. The van der Waals surface area contributed by atoms with Crippen LogP contribution in [-0.2, 0) is 22.6 Å². The molecular formula is C30H33FN4O3. The number of para-hydroxylation sites is 1. The molecule has 0 unspecified atom stereocenters. The molecule has 1 saturated heterocycles. The highest BCUT2D eigenvalue weighted by molar-refractivity contribution is 5.85. The predicted octanol–water partition coefficient (Wildman–Crippen LogP) is 5.46. The largest absolute Gasteiger partial charge is 0.496 e. The number of carbonyl (C=O) groups is 1. The molecule has 0 saturated carbocycles. The normalized spacial score (nSPS) is 15.2. The van der Waals surface area contributed by atoms with E-state index in [1.165, 1.54) is 12.1 Å². The number of carbonyl (C=O) groups excluding carboxylic acids is 1. The lowest BCUT2D eigenvalue weighted by Crippen LogP contribution is -2.37. The third-order valence-corrected chi connectivity index (χ3v) is 7.02. The minimum absolute atomic E-state index is 0.00450. The van der Waals surface area contributed by atoms with Gasteiger partial charge in [-0.25, -0.2) is 9.37 Å². The van der Waals surface area contributed by atoms with Crippen molar-refractivity contribution < 1.29 is 18.7 Å². The van der Waals surface area contributed by atoms with Gasteiger partial charge in [0.2, 0.25) is 5.91 Å². The molecule has 0 radical (unpaired) electrons. The molecule has 38 heavy (non-hydrogen) atoms. The zero-order chi connectivity index (χ0) is 26.6. The van der Waals surface area contributed by atoms with Crippen LogP contribution in [0, 0.1) is 19.7 Å². The number of hydrogen-bond acceptors (Lipinski definition) is 5. The SMILES string of the molecule is COc1ccccc1-c1nc2cc(F)ccc2cc1CN(C[C@H]1CCCO1)C(=O)CCn1nc(C)cc1C. The Labute approximate surface area is 222 Å². The second-order valence-corrected chi connectivity index (χ2v) is 9.84. The Kier molecular flexibility index (Phi) is 7.69. The van der Waals surface area contributed by atoms with Gasteiger partial charge in [-0.15, -0.1) is 0 Å². The molecule has 0 aliphatic carbocycles. The Hall–Kier alpha value is -3.78. The highest BCUT2D eigenvalue weighted by Crippen LogP contribution is 2.34. The molecule has 5 rings (SSSR count). The summed E-state index contributed by atoms with van der Waals surface area (Å²) in [7, 11) is 1.62. The highest BCUT2D eigenvalue weighted by Gasteiger charge is 2.25. The Bertz CT molecular complexity index is 1440. The van der Waals surface area contributed by atoms with Crippen molar-refractivity contribution in [2.75, 3.05) is 20.3 Å². The molecule has 1 atom stereocenters. The van der Waals surface area contributed by atoms with E-state index in [9.17, 15) is 9.18 Å². The summed E-state index contributed by atoms with van der Waals surface area (Å²) >= 11 is 0. The smallest absolute Gasteiger partial charge is 0.224 e. The van der Waals surface area contributed by atoms with Gasteiger partial charge in [-0.3, -0.25) is 9.48 Å². The first-order chi connectivity index (χ1) is 18.4. The monoisotopic (exact) mass is 516 g/mol. The highest BCUT2D eigenvalue weighted by atomic mass is 19.1. The van der Waals surface area contributed by atoms with Gasteiger partial charge in [0.1, 0.15) is 11.6 Å². The van der Waals surface area contributed by atoms with Gasteiger partial charge in [0.15, 0.2) is 0 Å². The number of hydrogen-bond donors (Lipinski definition) is 0. The van der Waals surface area contributed by atoms with Crippen molar-refractivity contribution in [1.82, 2.24) is 19.7 Å². The van der Waals surface area contributed by atoms with E-state index < -0.39 is 0 Å². The van der Waals surface area contributed by atoms with Gasteiger partial charge in [-0.05, 0) is 68.7 Å². The van der Waals surface area contributed by atoms with E-state index in [0.29, 0.717) is 49.6 Å². The molecule has 198 valence electrons. The molecule has 1 aliphatic heterocycles. The first-order valence-electron chi connectivity index (χ1n) is 13.0. The Balaban J connectivity index is 1.51. The number of methoxy groups -OCH3 is 1. The molecule has 7 nitrogen and oxygen atoms in total. The number of benzene rings is 2. The molecule has 0 bridgehead atoms. The van der Waals surface area contributed by atoms with E-state index in [-0.39, 0.29) is 17.8 Å². The van der Waals surface area contributed by atoms with E-state index >= 15 is 0 Å². The molecule has 4 aromatic rings. The molecule has 1 aliphatic rings. The maximum Gasteiger partial charge on any atom is 0.224 e. The third kappa shape index (κ3) is 5.70. The van der Waals surface area contributed by atoms with E-state index in [1.807, 2.05) is 59.8 Å². The maximum atomic E-state index is 14.1. The minimum atomic E-state index is -0.344. The fourth-order valence-corrected chi connectivity index (χ4v) is 5.13. The van der Waals surface area contributed by atoms with Crippen molar-refractivity contribution >= 4 is 16.8 Å². The first kappa shape index (κ1) is 25.9. The minimum Gasteiger partial charge on any atom is -0.496 e. The summed E-state index contributed by atoms with van der Waals surface area (Å²) in [6.45, 7) is 6.03. The summed E-state index contributed by atoms with van der Waals surface area (Å²) in [6, 6.07) is 16.2. The summed E-state index contributed by atoms with van der Waals surface area (Å²) in [6.07, 6.45) is 2.25. The lowest BCUT2D eigenvalue weighted by Gasteiger charge is -2.27. The Morgan fingerprint density at radius 3 is 2.76 bits per heavy atom. The quantitative estimate of drug-likeness (QED) is 0.296. The first-order valence-corrected chi connectivity index (χ1v) is 13.0. The fourth-order valence-electron chi connectivity index (χ4n) is 5.13. The van der Waals surface area contributed by atoms with E-state index in [0.717, 1.165) is 40.7 Å². The molecule has 1 fully saturated rings. The Morgan fingerprint density at radius 2 is 2.03 bits per heavy atom. The van der Waals surface area contributed by atoms with Gasteiger partial charge in [0, 0.05) is 55.4 Å². The van der Waals surface area contributed by atoms with Crippen LogP contribution in [0.1, 0.15) is 36.2 Å². The van der Waals surface area contributed by atoms with Crippen LogP contribution in [-0.4, -0.2) is 51.9 Å². The van der Waals surface area contributed by atoms with Crippen molar-refractivity contribution in [2.24, 2.45) is 0 Å². The summed E-state index contributed by atoms with van der Waals surface area (Å²) in [5.41, 5.74) is 4.85. The number of amides is 1. The van der Waals surface area contributed by atoms with Crippen LogP contribution in [0.5, 0.6) is 5.75 Å². The van der Waals surface area contributed by atoms with Crippen LogP contribution in [0.4, 0.5) is 4.39 Å². The maximum absolute atomic E-state index is 14.1. The van der Waals surface area contributed by atoms with Crippen molar-refractivity contribution in [3.8, 4) is 17.0 Å². The lowest BCUT2D eigenvalue weighted by atomic mass is 10.0. The summed E-state index contributed by atoms with van der Waals surface area (Å²) in [5.74, 6) is 0.347. The molecule has 2 aromatic carbocycles. The van der Waals surface area contributed by atoms with E-state index in [4.69, 9.17) is 14.5 Å². The standard InChI is InChI=1S/C30H33FN4O3/c1-20-15-21(2)35(33-20)13-12-29(36)34(19-25-7-6-14-38-25)18-23-16-22-10-11-24(31)17-27(22)32-30(23)26-8-4-5-9-28(26)37-3/h4-5,8-11,15-17,25H,6-7,12-14,18-19H2,1-3H3/t25-/m1/s1. The van der Waals surface area contributed by atoms with Crippen molar-refractivity contribution in [3.05, 3.63) is 77.4 Å². The van der Waals surface area contributed by atoms with Gasteiger partial charge >= 0.3 is 0 Å². The summed E-state index contributed by atoms with van der Waals surface area (Å²) < 4.78 is 27.5. The number of pyridine rings is 1. The molecule has 2 aromatic heterocycles. The molecule has 0 spiro atoms. The topological polar surface area (TPSA) is 69.5 Å². The number of aryl methyl sites for hydroxylation is 3. The Morgan fingerprint density at radius 1 is 1.18 bits per heavy atom. The second-order valence-electron chi connectivity index (χ2n) is 9.84. The third-order valence-electron chi connectivity index (χ3n) is 7.02. The summed E-state index contributed by atoms with van der Waals surface area (Å²) in [4.78, 5) is 20.4. The zero-order valence-corrected chi connectivity index (χ0v) is 22.1. The number of aromatic nitrogens is 3. The van der Waals surface area contributed by atoms with Crippen LogP contribution in [0.3, 0.4) is 0 Å². The van der Waals surface area contributed by atoms with Gasteiger partial charge in [-0.2, -0.15) is 5.10 Å². The molecule has 0 N–H and O–H groups in total. The zero-order valence-electron chi connectivity index (χ0n) is 22.1. The summed E-state index contributed by atoms with van der Waals surface area (Å²) in [5, 5.41) is 5.32. The average Bonchev–Trinajstić information content (AvgIpc) is 3.54. The van der Waals surface area contributed by atoms with Crippen LogP contribution in [0.15, 0.2) is 54.6 Å². The van der Waals surface area contributed by atoms with E-state index in [2.05, 4.69) is 5.10 Å². The fraction of sp³-hybridized carbons (Fsp3) is 0.367. The van der Waals surface area contributed by atoms with Crippen LogP contribution < -0.4 is 4.74 Å².